The minimum atomic E-state index is 0.853. The topological polar surface area (TPSA) is 9.23 Å². The van der Waals surface area contributed by atoms with Gasteiger partial charge < -0.3 is 4.74 Å². The molecule has 1 nitrogen and oxygen atoms in total. The molecule has 0 bridgehead atoms. The van der Waals surface area contributed by atoms with Crippen molar-refractivity contribution in [3.8, 4) is 0 Å². The lowest BCUT2D eigenvalue weighted by atomic mass is 10.1. The van der Waals surface area contributed by atoms with Crippen LogP contribution in [0.3, 0.4) is 0 Å². The first kappa shape index (κ1) is 6.81. The van der Waals surface area contributed by atoms with Gasteiger partial charge in [0.1, 0.15) is 0 Å². The highest BCUT2D eigenvalue weighted by Crippen LogP contribution is 2.14. The van der Waals surface area contributed by atoms with Gasteiger partial charge in [-0.1, -0.05) is 5.57 Å². The first-order valence-electron chi connectivity index (χ1n) is 3.53. The van der Waals surface area contributed by atoms with Crippen LogP contribution >= 0.6 is 0 Å². The van der Waals surface area contributed by atoms with Crippen molar-refractivity contribution >= 4 is 0 Å². The molecule has 0 aliphatic carbocycles. The van der Waals surface area contributed by atoms with E-state index >= 15 is 0 Å². The van der Waals surface area contributed by atoms with E-state index in [1.54, 1.807) is 0 Å². The van der Waals surface area contributed by atoms with Crippen molar-refractivity contribution in [3.63, 3.8) is 0 Å². The smallest absolute Gasteiger partial charge is 0.0676 e. The second kappa shape index (κ2) is 3.02. The van der Waals surface area contributed by atoms with Crippen LogP contribution in [-0.4, -0.2) is 13.2 Å². The molecule has 0 fully saturated rings. The molecule has 0 unspecified atom stereocenters. The van der Waals surface area contributed by atoms with Gasteiger partial charge in [0.2, 0.25) is 0 Å². The Hall–Kier alpha value is -0.300. The van der Waals surface area contributed by atoms with E-state index in [2.05, 4.69) is 13.8 Å². The van der Waals surface area contributed by atoms with E-state index in [0.717, 1.165) is 13.2 Å². The Labute approximate surface area is 56.7 Å². The summed E-state index contributed by atoms with van der Waals surface area (Å²) in [6.45, 7) is 6.14. The van der Waals surface area contributed by atoms with Gasteiger partial charge in [-0.05, 0) is 32.3 Å². The molecule has 0 aromatic rings. The highest BCUT2D eigenvalue weighted by Gasteiger charge is 2.02. The zero-order valence-electron chi connectivity index (χ0n) is 6.24. The largest absolute Gasteiger partial charge is 0.377 e. The van der Waals surface area contributed by atoms with Crippen LogP contribution in [0.5, 0.6) is 0 Å². The number of ether oxygens (including phenoxy) is 1. The number of rotatable bonds is 0. The molecule has 0 saturated carbocycles. The van der Waals surface area contributed by atoms with Gasteiger partial charge in [0.15, 0.2) is 0 Å². The monoisotopic (exact) mass is 126 g/mol. The number of hydrogen-bond acceptors (Lipinski definition) is 1. The minimum Gasteiger partial charge on any atom is -0.377 e. The molecule has 0 spiro atoms. The molecule has 0 saturated heterocycles. The first-order valence-corrected chi connectivity index (χ1v) is 3.53. The van der Waals surface area contributed by atoms with Gasteiger partial charge in [-0.2, -0.15) is 0 Å². The van der Waals surface area contributed by atoms with Crippen LogP contribution in [0.15, 0.2) is 11.1 Å². The fourth-order valence-electron chi connectivity index (χ4n) is 1.00. The van der Waals surface area contributed by atoms with Gasteiger partial charge in [-0.3, -0.25) is 0 Å². The maximum Gasteiger partial charge on any atom is 0.0676 e. The Morgan fingerprint density at radius 3 is 2.78 bits per heavy atom. The van der Waals surface area contributed by atoms with Crippen LogP contribution in [-0.2, 0) is 4.74 Å². The SMILES string of the molecule is CC1=C(C)COCCC1. The summed E-state index contributed by atoms with van der Waals surface area (Å²) in [5.41, 5.74) is 2.94. The predicted molar refractivity (Wildman–Crippen MR) is 38.4 cm³/mol. The summed E-state index contributed by atoms with van der Waals surface area (Å²) >= 11 is 0. The number of hydrogen-bond donors (Lipinski definition) is 0. The standard InChI is InChI=1S/C8H14O/c1-7-4-3-5-9-6-8(7)2/h3-6H2,1-2H3. The molecular weight excluding hydrogens is 112 g/mol. The summed E-state index contributed by atoms with van der Waals surface area (Å²) in [6, 6.07) is 0. The molecule has 1 aliphatic rings. The molecule has 0 N–H and O–H groups in total. The summed E-state index contributed by atoms with van der Waals surface area (Å²) in [7, 11) is 0. The molecule has 9 heavy (non-hydrogen) atoms. The van der Waals surface area contributed by atoms with Crippen molar-refractivity contribution in [2.45, 2.75) is 26.7 Å². The fourth-order valence-corrected chi connectivity index (χ4v) is 1.00. The lowest BCUT2D eigenvalue weighted by Crippen LogP contribution is -1.93. The van der Waals surface area contributed by atoms with E-state index in [1.165, 1.54) is 24.0 Å². The second-order valence-electron chi connectivity index (χ2n) is 2.72. The second-order valence-corrected chi connectivity index (χ2v) is 2.72. The highest BCUT2D eigenvalue weighted by molar-refractivity contribution is 5.10. The summed E-state index contributed by atoms with van der Waals surface area (Å²) in [4.78, 5) is 0. The van der Waals surface area contributed by atoms with Crippen LogP contribution in [0.2, 0.25) is 0 Å². The van der Waals surface area contributed by atoms with Gasteiger partial charge in [-0.25, -0.2) is 0 Å². The van der Waals surface area contributed by atoms with Crippen molar-refractivity contribution in [1.82, 2.24) is 0 Å². The third-order valence-electron chi connectivity index (χ3n) is 1.89. The molecule has 0 aromatic heterocycles. The molecule has 1 heteroatoms. The molecule has 0 aromatic carbocycles. The molecule has 0 atom stereocenters. The molecule has 52 valence electrons. The van der Waals surface area contributed by atoms with Gasteiger partial charge in [0.05, 0.1) is 6.61 Å². The van der Waals surface area contributed by atoms with Crippen molar-refractivity contribution < 1.29 is 4.74 Å². The Bertz CT molecular complexity index is 111. The van der Waals surface area contributed by atoms with Crippen LogP contribution in [0.1, 0.15) is 26.7 Å². The third kappa shape index (κ3) is 1.83. The Morgan fingerprint density at radius 2 is 2.00 bits per heavy atom. The molecule has 1 aliphatic heterocycles. The van der Waals surface area contributed by atoms with Gasteiger partial charge >= 0.3 is 0 Å². The van der Waals surface area contributed by atoms with Crippen molar-refractivity contribution in [2.24, 2.45) is 0 Å². The van der Waals surface area contributed by atoms with Crippen LogP contribution in [0.25, 0.3) is 0 Å². The van der Waals surface area contributed by atoms with Crippen LogP contribution in [0, 0.1) is 0 Å². The average Bonchev–Trinajstić information content (AvgIpc) is 1.99. The predicted octanol–water partition coefficient (Wildman–Crippen LogP) is 2.13. The van der Waals surface area contributed by atoms with Crippen LogP contribution in [0.4, 0.5) is 0 Å². The van der Waals surface area contributed by atoms with Gasteiger partial charge in [-0.15, -0.1) is 0 Å². The molecule has 1 rings (SSSR count). The van der Waals surface area contributed by atoms with Gasteiger partial charge in [0, 0.05) is 6.61 Å². The van der Waals surface area contributed by atoms with Gasteiger partial charge in [0.25, 0.3) is 0 Å². The summed E-state index contributed by atoms with van der Waals surface area (Å²) in [5, 5.41) is 0. The zero-order valence-corrected chi connectivity index (χ0v) is 6.24. The average molecular weight is 126 g/mol. The molecule has 0 radical (unpaired) electrons. The van der Waals surface area contributed by atoms with E-state index in [9.17, 15) is 0 Å². The maximum atomic E-state index is 5.32. The minimum absolute atomic E-state index is 0.853. The molecular formula is C8H14O. The Morgan fingerprint density at radius 1 is 1.22 bits per heavy atom. The van der Waals surface area contributed by atoms with Crippen LogP contribution < -0.4 is 0 Å². The van der Waals surface area contributed by atoms with Crippen molar-refractivity contribution in [3.05, 3.63) is 11.1 Å². The van der Waals surface area contributed by atoms with Crippen molar-refractivity contribution in [1.29, 1.82) is 0 Å². The third-order valence-corrected chi connectivity index (χ3v) is 1.89. The molecule has 1 heterocycles. The van der Waals surface area contributed by atoms with E-state index in [1.807, 2.05) is 0 Å². The lowest BCUT2D eigenvalue weighted by molar-refractivity contribution is 0.159. The van der Waals surface area contributed by atoms with Crippen molar-refractivity contribution in [2.75, 3.05) is 13.2 Å². The normalized spacial score (nSPS) is 22.0. The maximum absolute atomic E-state index is 5.32. The van der Waals surface area contributed by atoms with E-state index in [-0.39, 0.29) is 0 Å². The zero-order chi connectivity index (χ0) is 6.69. The number of allylic oxidation sites excluding steroid dienone is 1. The first-order chi connectivity index (χ1) is 4.30. The summed E-state index contributed by atoms with van der Waals surface area (Å²) in [5.74, 6) is 0. The summed E-state index contributed by atoms with van der Waals surface area (Å²) in [6.07, 6.45) is 2.43. The molecule has 0 amide bonds. The lowest BCUT2D eigenvalue weighted by Gasteiger charge is -1.99. The quantitative estimate of drug-likeness (QED) is 0.452. The van der Waals surface area contributed by atoms with E-state index in [0.29, 0.717) is 0 Å². The summed E-state index contributed by atoms with van der Waals surface area (Å²) < 4.78 is 5.32. The van der Waals surface area contributed by atoms with E-state index in [4.69, 9.17) is 4.74 Å². The van der Waals surface area contributed by atoms with E-state index < -0.39 is 0 Å². The highest BCUT2D eigenvalue weighted by atomic mass is 16.5. The Balaban J connectivity index is 2.55. The Kier molecular flexibility index (Phi) is 2.29. The fraction of sp³-hybridized carbons (Fsp3) is 0.750.